The second-order valence-electron chi connectivity index (χ2n) is 5.09. The lowest BCUT2D eigenvalue weighted by molar-refractivity contribution is 0.183. The van der Waals surface area contributed by atoms with Gasteiger partial charge in [0.25, 0.3) is 0 Å². The number of nitrogens with zero attached hydrogens (tertiary/aromatic N) is 1. The Hall–Kier alpha value is -1.02. The molecule has 1 aliphatic heterocycles. The SMILES string of the molecule is Cc1ccc(O)c(CN2CCC(C)CC2)c1. The molecule has 0 spiro atoms. The topological polar surface area (TPSA) is 23.5 Å². The van der Waals surface area contributed by atoms with E-state index in [-0.39, 0.29) is 0 Å². The van der Waals surface area contributed by atoms with Gasteiger partial charge in [0, 0.05) is 12.1 Å². The predicted octanol–water partition coefficient (Wildman–Crippen LogP) is 2.93. The zero-order valence-corrected chi connectivity index (χ0v) is 10.2. The van der Waals surface area contributed by atoms with Gasteiger partial charge in [-0.2, -0.15) is 0 Å². The summed E-state index contributed by atoms with van der Waals surface area (Å²) in [5.41, 5.74) is 2.28. The van der Waals surface area contributed by atoms with Gasteiger partial charge in [-0.1, -0.05) is 24.6 Å². The molecular weight excluding hydrogens is 198 g/mol. The Morgan fingerprint density at radius 2 is 2.00 bits per heavy atom. The summed E-state index contributed by atoms with van der Waals surface area (Å²) in [5, 5.41) is 9.79. The third-order valence-corrected chi connectivity index (χ3v) is 3.51. The van der Waals surface area contributed by atoms with Gasteiger partial charge in [-0.05, 0) is 44.8 Å². The number of aryl methyl sites for hydroxylation is 1. The van der Waals surface area contributed by atoms with Crippen molar-refractivity contribution in [1.29, 1.82) is 0 Å². The first-order valence-electron chi connectivity index (χ1n) is 6.16. The van der Waals surface area contributed by atoms with Crippen LogP contribution in [0.1, 0.15) is 30.9 Å². The minimum absolute atomic E-state index is 0.434. The van der Waals surface area contributed by atoms with Crippen LogP contribution in [0, 0.1) is 12.8 Å². The molecule has 2 nitrogen and oxygen atoms in total. The highest BCUT2D eigenvalue weighted by Crippen LogP contribution is 2.23. The summed E-state index contributed by atoms with van der Waals surface area (Å²) in [6, 6.07) is 5.85. The second kappa shape index (κ2) is 4.88. The second-order valence-corrected chi connectivity index (χ2v) is 5.09. The average Bonchev–Trinajstić information content (AvgIpc) is 2.27. The van der Waals surface area contributed by atoms with Crippen molar-refractivity contribution in [3.63, 3.8) is 0 Å². The summed E-state index contributed by atoms with van der Waals surface area (Å²) in [5.74, 6) is 1.30. The fourth-order valence-corrected chi connectivity index (χ4v) is 2.30. The van der Waals surface area contributed by atoms with E-state index in [2.05, 4.69) is 24.8 Å². The Labute approximate surface area is 97.9 Å². The van der Waals surface area contributed by atoms with Crippen LogP contribution in [0.5, 0.6) is 5.75 Å². The summed E-state index contributed by atoms with van der Waals surface area (Å²) in [7, 11) is 0. The van der Waals surface area contributed by atoms with E-state index in [1.807, 2.05) is 6.07 Å². The van der Waals surface area contributed by atoms with Gasteiger partial charge in [0.1, 0.15) is 5.75 Å². The van der Waals surface area contributed by atoms with Crippen LogP contribution in [-0.4, -0.2) is 23.1 Å². The number of phenolic OH excluding ortho intramolecular Hbond substituents is 1. The summed E-state index contributed by atoms with van der Waals surface area (Å²) in [4.78, 5) is 2.44. The summed E-state index contributed by atoms with van der Waals surface area (Å²) < 4.78 is 0. The number of hydrogen-bond acceptors (Lipinski definition) is 2. The van der Waals surface area contributed by atoms with Crippen LogP contribution in [0.4, 0.5) is 0 Å². The zero-order valence-electron chi connectivity index (χ0n) is 10.2. The summed E-state index contributed by atoms with van der Waals surface area (Å²) >= 11 is 0. The highest BCUT2D eigenvalue weighted by atomic mass is 16.3. The lowest BCUT2D eigenvalue weighted by Crippen LogP contribution is -2.32. The van der Waals surface area contributed by atoms with Gasteiger partial charge in [0.15, 0.2) is 0 Å². The minimum atomic E-state index is 0.434. The number of aromatic hydroxyl groups is 1. The Morgan fingerprint density at radius 1 is 1.31 bits per heavy atom. The molecule has 0 aliphatic carbocycles. The predicted molar refractivity (Wildman–Crippen MR) is 66.5 cm³/mol. The van der Waals surface area contributed by atoms with E-state index in [1.165, 1.54) is 18.4 Å². The number of likely N-dealkylation sites (tertiary alicyclic amines) is 1. The third-order valence-electron chi connectivity index (χ3n) is 3.51. The Kier molecular flexibility index (Phi) is 3.49. The molecule has 0 saturated carbocycles. The van der Waals surface area contributed by atoms with Crippen molar-refractivity contribution in [2.24, 2.45) is 5.92 Å². The number of phenols is 1. The zero-order chi connectivity index (χ0) is 11.5. The van der Waals surface area contributed by atoms with Gasteiger partial charge in [0.05, 0.1) is 0 Å². The maximum atomic E-state index is 9.79. The van der Waals surface area contributed by atoms with E-state index >= 15 is 0 Å². The Morgan fingerprint density at radius 3 is 2.69 bits per heavy atom. The van der Waals surface area contributed by atoms with Crippen LogP contribution < -0.4 is 0 Å². The van der Waals surface area contributed by atoms with Gasteiger partial charge in [0.2, 0.25) is 0 Å². The first kappa shape index (κ1) is 11.5. The molecule has 0 radical (unpaired) electrons. The average molecular weight is 219 g/mol. The molecule has 2 rings (SSSR count). The normalized spacial score (nSPS) is 18.9. The highest BCUT2D eigenvalue weighted by Gasteiger charge is 2.16. The smallest absolute Gasteiger partial charge is 0.120 e. The Bertz CT molecular complexity index is 354. The van der Waals surface area contributed by atoms with Crippen molar-refractivity contribution in [2.75, 3.05) is 13.1 Å². The molecule has 88 valence electrons. The summed E-state index contributed by atoms with van der Waals surface area (Å²) in [6.45, 7) is 7.60. The molecule has 16 heavy (non-hydrogen) atoms. The van der Waals surface area contributed by atoms with Crippen molar-refractivity contribution in [3.8, 4) is 5.75 Å². The lowest BCUT2D eigenvalue weighted by Gasteiger charge is -2.30. The van der Waals surface area contributed by atoms with Gasteiger partial charge in [-0.25, -0.2) is 0 Å². The van der Waals surface area contributed by atoms with Crippen molar-refractivity contribution in [2.45, 2.75) is 33.2 Å². The quantitative estimate of drug-likeness (QED) is 0.826. The number of benzene rings is 1. The van der Waals surface area contributed by atoms with Crippen molar-refractivity contribution in [3.05, 3.63) is 29.3 Å². The molecule has 2 heteroatoms. The molecule has 1 fully saturated rings. The molecule has 0 bridgehead atoms. The molecule has 1 aliphatic rings. The van der Waals surface area contributed by atoms with Crippen LogP contribution >= 0.6 is 0 Å². The van der Waals surface area contributed by atoms with E-state index in [4.69, 9.17) is 0 Å². The van der Waals surface area contributed by atoms with Crippen molar-refractivity contribution < 1.29 is 5.11 Å². The first-order chi connectivity index (χ1) is 7.65. The molecular formula is C14H21NO. The monoisotopic (exact) mass is 219 g/mol. The van der Waals surface area contributed by atoms with Gasteiger partial charge >= 0.3 is 0 Å². The van der Waals surface area contributed by atoms with E-state index in [0.717, 1.165) is 31.1 Å². The molecule has 1 aromatic carbocycles. The molecule has 0 atom stereocenters. The van der Waals surface area contributed by atoms with Crippen LogP contribution in [-0.2, 0) is 6.54 Å². The van der Waals surface area contributed by atoms with E-state index in [0.29, 0.717) is 5.75 Å². The first-order valence-corrected chi connectivity index (χ1v) is 6.16. The van der Waals surface area contributed by atoms with Crippen molar-refractivity contribution >= 4 is 0 Å². The van der Waals surface area contributed by atoms with E-state index in [9.17, 15) is 5.11 Å². The molecule has 0 unspecified atom stereocenters. The van der Waals surface area contributed by atoms with Crippen LogP contribution in [0.2, 0.25) is 0 Å². The third kappa shape index (κ3) is 2.76. The maximum absolute atomic E-state index is 9.79. The number of hydrogen-bond donors (Lipinski definition) is 1. The van der Waals surface area contributed by atoms with Crippen LogP contribution in [0.25, 0.3) is 0 Å². The Balaban J connectivity index is 2.00. The lowest BCUT2D eigenvalue weighted by atomic mass is 9.98. The van der Waals surface area contributed by atoms with E-state index < -0.39 is 0 Å². The molecule has 1 aromatic rings. The molecule has 0 amide bonds. The largest absolute Gasteiger partial charge is 0.508 e. The van der Waals surface area contributed by atoms with E-state index in [1.54, 1.807) is 6.07 Å². The fraction of sp³-hybridized carbons (Fsp3) is 0.571. The fourth-order valence-electron chi connectivity index (χ4n) is 2.30. The highest BCUT2D eigenvalue weighted by molar-refractivity contribution is 5.35. The van der Waals surface area contributed by atoms with Crippen LogP contribution in [0.3, 0.4) is 0 Å². The molecule has 1 N–H and O–H groups in total. The number of rotatable bonds is 2. The minimum Gasteiger partial charge on any atom is -0.508 e. The maximum Gasteiger partial charge on any atom is 0.120 e. The van der Waals surface area contributed by atoms with Gasteiger partial charge in [-0.3, -0.25) is 4.90 Å². The number of piperidine rings is 1. The van der Waals surface area contributed by atoms with Gasteiger partial charge < -0.3 is 5.11 Å². The molecule has 1 heterocycles. The van der Waals surface area contributed by atoms with Crippen LogP contribution in [0.15, 0.2) is 18.2 Å². The molecule has 0 aromatic heterocycles. The van der Waals surface area contributed by atoms with Gasteiger partial charge in [-0.15, -0.1) is 0 Å². The van der Waals surface area contributed by atoms with Crippen molar-refractivity contribution in [1.82, 2.24) is 4.90 Å². The standard InChI is InChI=1S/C14H21NO/c1-11-5-7-15(8-6-11)10-13-9-12(2)3-4-14(13)16/h3-4,9,11,16H,5-8,10H2,1-2H3. The summed E-state index contributed by atoms with van der Waals surface area (Å²) in [6.07, 6.45) is 2.57. The molecule has 1 saturated heterocycles.